The lowest BCUT2D eigenvalue weighted by molar-refractivity contribution is 0.102. The van der Waals surface area contributed by atoms with E-state index < -0.39 is 5.91 Å². The van der Waals surface area contributed by atoms with Gasteiger partial charge in [0.15, 0.2) is 10.8 Å². The summed E-state index contributed by atoms with van der Waals surface area (Å²) < 4.78 is 3.59. The van der Waals surface area contributed by atoms with Crippen LogP contribution in [0.5, 0.6) is 0 Å². The molecule has 0 fully saturated rings. The Labute approximate surface area is 109 Å². The number of carbonyl (C=O) groups is 1. The predicted octanol–water partition coefficient (Wildman–Crippen LogP) is 1.11. The Morgan fingerprint density at radius 1 is 1.44 bits per heavy atom. The maximum atomic E-state index is 11.7. The highest BCUT2D eigenvalue weighted by molar-refractivity contribution is 7.07. The average Bonchev–Trinajstić information content (AvgIpc) is 2.99. The van der Waals surface area contributed by atoms with Crippen LogP contribution < -0.4 is 5.32 Å². The molecule has 0 saturated carbocycles. The summed E-state index contributed by atoms with van der Waals surface area (Å²) in [6, 6.07) is 0. The van der Waals surface area contributed by atoms with Crippen LogP contribution in [0.2, 0.25) is 5.15 Å². The van der Waals surface area contributed by atoms with Crippen LogP contribution in [0.25, 0.3) is 11.2 Å². The number of hydrogen-bond donors (Lipinski definition) is 2. The van der Waals surface area contributed by atoms with Gasteiger partial charge in [-0.2, -0.15) is 9.97 Å². The number of aromatic nitrogens is 6. The number of carbonyl (C=O) groups excluding carboxylic acids is 1. The molecule has 0 unspecified atom stereocenters. The van der Waals surface area contributed by atoms with Gasteiger partial charge >= 0.3 is 0 Å². The number of aromatic amines is 1. The minimum Gasteiger partial charge on any atom is -0.341 e. The Morgan fingerprint density at radius 2 is 2.33 bits per heavy atom. The van der Waals surface area contributed by atoms with E-state index in [2.05, 4.69) is 34.8 Å². The number of nitrogens with one attached hydrogen (secondary N) is 2. The molecule has 0 aliphatic heterocycles. The molecular formula is C8H4ClN7OS. The zero-order valence-corrected chi connectivity index (χ0v) is 10.2. The second kappa shape index (κ2) is 4.27. The van der Waals surface area contributed by atoms with Crippen molar-refractivity contribution < 1.29 is 4.79 Å². The van der Waals surface area contributed by atoms with E-state index in [1.807, 2.05) is 0 Å². The maximum Gasteiger partial charge on any atom is 0.271 e. The van der Waals surface area contributed by atoms with Gasteiger partial charge < -0.3 is 4.98 Å². The lowest BCUT2D eigenvalue weighted by Crippen LogP contribution is -2.13. The van der Waals surface area contributed by atoms with E-state index >= 15 is 0 Å². The van der Waals surface area contributed by atoms with Crippen molar-refractivity contribution in [3.05, 3.63) is 22.6 Å². The molecule has 8 nitrogen and oxygen atoms in total. The fraction of sp³-hybridized carbons (Fsp3) is 0. The molecule has 18 heavy (non-hydrogen) atoms. The lowest BCUT2D eigenvalue weighted by atomic mass is 10.5. The van der Waals surface area contributed by atoms with Crippen molar-refractivity contribution >= 4 is 46.2 Å². The summed E-state index contributed by atoms with van der Waals surface area (Å²) in [6.45, 7) is 0. The number of imidazole rings is 1. The van der Waals surface area contributed by atoms with Gasteiger partial charge in [0.1, 0.15) is 10.4 Å². The van der Waals surface area contributed by atoms with Gasteiger partial charge in [-0.05, 0) is 11.5 Å². The first-order valence-corrected chi connectivity index (χ1v) is 5.84. The zero-order valence-electron chi connectivity index (χ0n) is 8.59. The molecule has 90 valence electrons. The van der Waals surface area contributed by atoms with E-state index in [0.717, 1.165) is 11.5 Å². The van der Waals surface area contributed by atoms with Crippen LogP contribution in [0.1, 0.15) is 9.67 Å². The second-order valence-corrected chi connectivity index (χ2v) is 4.32. The third-order valence-corrected chi connectivity index (χ3v) is 2.99. The molecule has 0 aromatic carbocycles. The summed E-state index contributed by atoms with van der Waals surface area (Å²) in [5, 5.41) is 6.26. The van der Waals surface area contributed by atoms with E-state index in [-0.39, 0.29) is 11.1 Å². The van der Waals surface area contributed by atoms with E-state index in [0.29, 0.717) is 16.0 Å². The molecule has 3 heterocycles. The van der Waals surface area contributed by atoms with Gasteiger partial charge in [-0.3, -0.25) is 10.1 Å². The minimum absolute atomic E-state index is 0.0815. The summed E-state index contributed by atoms with van der Waals surface area (Å²) in [6.07, 6.45) is 2.80. The molecule has 0 aliphatic carbocycles. The van der Waals surface area contributed by atoms with Gasteiger partial charge in [0, 0.05) is 0 Å². The van der Waals surface area contributed by atoms with E-state index in [4.69, 9.17) is 11.6 Å². The zero-order chi connectivity index (χ0) is 12.5. The molecule has 3 aromatic rings. The Balaban J connectivity index is 1.93. The van der Waals surface area contributed by atoms with Crippen molar-refractivity contribution in [3.8, 4) is 0 Å². The van der Waals surface area contributed by atoms with Gasteiger partial charge in [-0.15, -0.1) is 5.10 Å². The Kier molecular flexibility index (Phi) is 2.61. The number of anilines is 1. The normalized spacial score (nSPS) is 10.7. The predicted molar refractivity (Wildman–Crippen MR) is 64.6 cm³/mol. The van der Waals surface area contributed by atoms with E-state index in [1.54, 1.807) is 0 Å². The van der Waals surface area contributed by atoms with E-state index in [9.17, 15) is 4.79 Å². The molecular weight excluding hydrogens is 278 g/mol. The fourth-order valence-electron chi connectivity index (χ4n) is 1.28. The van der Waals surface area contributed by atoms with Gasteiger partial charge in [-0.1, -0.05) is 16.1 Å². The highest BCUT2D eigenvalue weighted by Crippen LogP contribution is 2.18. The molecule has 2 N–H and O–H groups in total. The topological polar surface area (TPSA) is 109 Å². The van der Waals surface area contributed by atoms with Gasteiger partial charge in [0.25, 0.3) is 5.91 Å². The summed E-state index contributed by atoms with van der Waals surface area (Å²) in [4.78, 5) is 26.8. The molecule has 0 spiro atoms. The number of hydrogen-bond acceptors (Lipinski definition) is 7. The van der Waals surface area contributed by atoms with Crippen molar-refractivity contribution in [1.29, 1.82) is 0 Å². The molecule has 0 aliphatic rings. The van der Waals surface area contributed by atoms with Crippen LogP contribution in [-0.2, 0) is 0 Å². The third kappa shape index (κ3) is 1.89. The first-order chi connectivity index (χ1) is 8.74. The smallest absolute Gasteiger partial charge is 0.271 e. The number of fused-ring (bicyclic) bond motifs is 1. The second-order valence-electron chi connectivity index (χ2n) is 3.18. The summed E-state index contributed by atoms with van der Waals surface area (Å²) >= 11 is 6.89. The average molecular weight is 282 g/mol. The SMILES string of the molecule is O=C(Nc1nc(Cl)c2[nH]cnc2n1)c1cnns1. The Bertz CT molecular complexity index is 709. The van der Waals surface area contributed by atoms with Crippen molar-refractivity contribution in [2.75, 3.05) is 5.32 Å². The molecule has 10 heteroatoms. The van der Waals surface area contributed by atoms with Crippen LogP contribution in [0, 0.1) is 0 Å². The highest BCUT2D eigenvalue weighted by atomic mass is 35.5. The fourth-order valence-corrected chi connectivity index (χ4v) is 1.91. The number of H-pyrrole nitrogens is 1. The molecule has 0 bridgehead atoms. The number of halogens is 1. The van der Waals surface area contributed by atoms with Crippen molar-refractivity contribution in [2.45, 2.75) is 0 Å². The van der Waals surface area contributed by atoms with Crippen LogP contribution >= 0.6 is 23.1 Å². The minimum atomic E-state index is -0.393. The van der Waals surface area contributed by atoms with Crippen LogP contribution in [0.3, 0.4) is 0 Å². The Hall–Kier alpha value is -2.13. The number of amides is 1. The van der Waals surface area contributed by atoms with E-state index in [1.165, 1.54) is 12.5 Å². The van der Waals surface area contributed by atoms with Crippen LogP contribution in [0.4, 0.5) is 5.95 Å². The molecule has 1 amide bonds. The largest absolute Gasteiger partial charge is 0.341 e. The molecule has 3 rings (SSSR count). The summed E-state index contributed by atoms with van der Waals surface area (Å²) in [5.41, 5.74) is 0.904. The van der Waals surface area contributed by atoms with Crippen LogP contribution in [0.15, 0.2) is 12.5 Å². The molecule has 3 aromatic heterocycles. The van der Waals surface area contributed by atoms with Crippen molar-refractivity contribution in [3.63, 3.8) is 0 Å². The molecule has 0 radical (unpaired) electrons. The van der Waals surface area contributed by atoms with Gasteiger partial charge in [0.2, 0.25) is 5.95 Å². The Morgan fingerprint density at radius 3 is 3.11 bits per heavy atom. The number of rotatable bonds is 2. The van der Waals surface area contributed by atoms with Gasteiger partial charge in [0.05, 0.1) is 12.5 Å². The maximum absolute atomic E-state index is 11.7. The summed E-state index contributed by atoms with van der Waals surface area (Å²) in [7, 11) is 0. The standard InChI is InChI=1S/C8H4ClN7OS/c9-5-4-6(11-2-10-4)14-8(13-5)15-7(17)3-1-12-16-18-3/h1-2H,(H2,10,11,13,14,15,17). The molecule has 0 atom stereocenters. The number of nitrogens with zero attached hydrogens (tertiary/aromatic N) is 5. The summed E-state index contributed by atoms with van der Waals surface area (Å²) in [5.74, 6) is -0.311. The quantitative estimate of drug-likeness (QED) is 0.681. The first-order valence-electron chi connectivity index (χ1n) is 4.69. The lowest BCUT2D eigenvalue weighted by Gasteiger charge is -2.01. The monoisotopic (exact) mass is 281 g/mol. The first kappa shape index (κ1) is 11.0. The van der Waals surface area contributed by atoms with Crippen molar-refractivity contribution in [2.24, 2.45) is 0 Å². The highest BCUT2D eigenvalue weighted by Gasteiger charge is 2.13. The van der Waals surface area contributed by atoms with Gasteiger partial charge in [-0.25, -0.2) is 4.98 Å². The van der Waals surface area contributed by atoms with Crippen molar-refractivity contribution in [1.82, 2.24) is 29.5 Å². The third-order valence-electron chi connectivity index (χ3n) is 2.05. The molecule has 0 saturated heterocycles. The van der Waals surface area contributed by atoms with Crippen LogP contribution in [-0.4, -0.2) is 35.4 Å².